The number of rotatable bonds is 9. The van der Waals surface area contributed by atoms with E-state index >= 15 is 0 Å². The molecule has 0 saturated heterocycles. The number of aliphatic hydroxyl groups is 1. The third kappa shape index (κ3) is 7.02. The molecule has 0 fully saturated rings. The van der Waals surface area contributed by atoms with E-state index in [4.69, 9.17) is 10.2 Å². The number of likely N-dealkylation sites (N-methyl/N-ethyl adjacent to an activating group) is 1. The van der Waals surface area contributed by atoms with Crippen LogP contribution in [0.15, 0.2) is 18.2 Å². The van der Waals surface area contributed by atoms with Crippen molar-refractivity contribution in [1.29, 1.82) is 0 Å². The number of aromatic nitrogens is 1. The maximum absolute atomic E-state index is 13.7. The van der Waals surface area contributed by atoms with E-state index in [1.807, 2.05) is 13.8 Å². The molecular formula is C26H35FN4O5. The number of carboxylic acid groups (broad SMARTS) is 1. The maximum Gasteiger partial charge on any atom is 0.332 e. The van der Waals surface area contributed by atoms with Gasteiger partial charge in [-0.05, 0) is 63.2 Å². The normalized spacial score (nSPS) is 14.2. The number of aliphatic hydroxyl groups excluding tert-OH is 1. The van der Waals surface area contributed by atoms with Crippen molar-refractivity contribution in [1.82, 2.24) is 15.2 Å². The Hall–Kier alpha value is -3.50. The molecule has 1 unspecified atom stereocenters. The smallest absolute Gasteiger partial charge is 0.332 e. The van der Waals surface area contributed by atoms with Gasteiger partial charge < -0.3 is 30.7 Å². The van der Waals surface area contributed by atoms with Gasteiger partial charge in [-0.2, -0.15) is 0 Å². The van der Waals surface area contributed by atoms with Gasteiger partial charge in [-0.15, -0.1) is 0 Å². The lowest BCUT2D eigenvalue weighted by atomic mass is 10.0. The van der Waals surface area contributed by atoms with Crippen LogP contribution in [0.4, 0.5) is 10.1 Å². The molecule has 1 atom stereocenters. The highest BCUT2D eigenvalue weighted by Crippen LogP contribution is 2.34. The molecule has 0 saturated carbocycles. The summed E-state index contributed by atoms with van der Waals surface area (Å²) in [6, 6.07) is 4.20. The average Bonchev–Trinajstić information content (AvgIpc) is 3.30. The van der Waals surface area contributed by atoms with Crippen molar-refractivity contribution in [2.75, 3.05) is 31.5 Å². The van der Waals surface area contributed by atoms with Crippen molar-refractivity contribution in [3.63, 3.8) is 0 Å². The summed E-state index contributed by atoms with van der Waals surface area (Å²) in [6.45, 7) is 12.7. The van der Waals surface area contributed by atoms with E-state index in [0.717, 1.165) is 30.9 Å². The molecule has 10 heteroatoms. The molecule has 1 aliphatic rings. The molecule has 0 radical (unpaired) electrons. The standard InChI is InChI=1S/C22H27FN4O2.C4H8O3/c1-5-27(6-2)10-9-24-22(29)20-13(3)19(25-14(20)4)12-17-16-11-15(23)7-8-18(16)26-21(17)28;1-2-3(5)4(6)7/h7-8,11-12,25H,5-6,9-10H2,1-4H3,(H,24,29)(H,26,28);3,5H,2H2,1H3,(H,6,7)/b17-12-;. The van der Waals surface area contributed by atoms with Gasteiger partial charge in [0.2, 0.25) is 0 Å². The molecule has 5 N–H and O–H groups in total. The van der Waals surface area contributed by atoms with E-state index in [1.54, 1.807) is 19.1 Å². The average molecular weight is 503 g/mol. The first-order chi connectivity index (χ1) is 17.0. The van der Waals surface area contributed by atoms with Gasteiger partial charge in [-0.25, -0.2) is 9.18 Å². The van der Waals surface area contributed by atoms with Crippen LogP contribution in [0.25, 0.3) is 11.6 Å². The largest absolute Gasteiger partial charge is 0.479 e. The number of fused-ring (bicyclic) bond motifs is 1. The van der Waals surface area contributed by atoms with Crippen LogP contribution < -0.4 is 10.6 Å². The zero-order chi connectivity index (χ0) is 27.0. The van der Waals surface area contributed by atoms with Crippen LogP contribution in [-0.2, 0) is 9.59 Å². The van der Waals surface area contributed by atoms with E-state index in [2.05, 4.69) is 34.4 Å². The molecule has 1 aliphatic heterocycles. The molecule has 0 spiro atoms. The Kier molecular flexibility index (Phi) is 10.4. The van der Waals surface area contributed by atoms with Crippen molar-refractivity contribution in [2.24, 2.45) is 0 Å². The topological polar surface area (TPSA) is 135 Å². The number of halogens is 1. The van der Waals surface area contributed by atoms with Crippen LogP contribution in [0.2, 0.25) is 0 Å². The fraction of sp³-hybridized carbons (Fsp3) is 0.423. The van der Waals surface area contributed by atoms with Crippen LogP contribution in [0.5, 0.6) is 0 Å². The number of anilines is 1. The number of H-pyrrole nitrogens is 1. The Labute approximate surface area is 210 Å². The number of carbonyl (C=O) groups is 3. The van der Waals surface area contributed by atoms with E-state index in [-0.39, 0.29) is 18.2 Å². The molecule has 0 aliphatic carbocycles. The number of nitrogens with one attached hydrogen (secondary N) is 3. The summed E-state index contributed by atoms with van der Waals surface area (Å²) in [5.74, 6) is -1.99. The third-order valence-corrected chi connectivity index (χ3v) is 6.04. The zero-order valence-electron chi connectivity index (χ0n) is 21.4. The Morgan fingerprint density at radius 3 is 2.42 bits per heavy atom. The highest BCUT2D eigenvalue weighted by Gasteiger charge is 2.26. The number of carbonyl (C=O) groups excluding carboxylic acids is 2. The summed E-state index contributed by atoms with van der Waals surface area (Å²) in [4.78, 5) is 40.2. The van der Waals surface area contributed by atoms with Crippen LogP contribution in [-0.4, -0.2) is 70.2 Å². The monoisotopic (exact) mass is 502 g/mol. The third-order valence-electron chi connectivity index (χ3n) is 6.04. The van der Waals surface area contributed by atoms with Crippen molar-refractivity contribution in [3.8, 4) is 0 Å². The molecule has 1 aromatic heterocycles. The van der Waals surface area contributed by atoms with Crippen LogP contribution in [0.3, 0.4) is 0 Å². The molecule has 2 amide bonds. The number of aromatic amines is 1. The van der Waals surface area contributed by atoms with Gasteiger partial charge in [0.1, 0.15) is 5.82 Å². The van der Waals surface area contributed by atoms with Gasteiger partial charge in [-0.3, -0.25) is 9.59 Å². The van der Waals surface area contributed by atoms with Crippen molar-refractivity contribution in [2.45, 2.75) is 47.1 Å². The summed E-state index contributed by atoms with van der Waals surface area (Å²) in [7, 11) is 0. The van der Waals surface area contributed by atoms with Gasteiger partial charge in [-0.1, -0.05) is 20.8 Å². The zero-order valence-corrected chi connectivity index (χ0v) is 21.4. The molecule has 36 heavy (non-hydrogen) atoms. The highest BCUT2D eigenvalue weighted by molar-refractivity contribution is 6.34. The Balaban J connectivity index is 0.000000572. The van der Waals surface area contributed by atoms with E-state index in [9.17, 15) is 18.8 Å². The van der Waals surface area contributed by atoms with Gasteiger partial charge in [0.25, 0.3) is 11.8 Å². The summed E-state index contributed by atoms with van der Waals surface area (Å²) in [6.07, 6.45) is 0.769. The minimum absolute atomic E-state index is 0.143. The van der Waals surface area contributed by atoms with E-state index < -0.39 is 17.9 Å². The van der Waals surface area contributed by atoms with E-state index in [1.165, 1.54) is 12.1 Å². The summed E-state index contributed by atoms with van der Waals surface area (Å²) >= 11 is 0. The fourth-order valence-electron chi connectivity index (χ4n) is 3.84. The van der Waals surface area contributed by atoms with Crippen molar-refractivity contribution >= 4 is 35.1 Å². The van der Waals surface area contributed by atoms with Crippen LogP contribution in [0, 0.1) is 19.7 Å². The predicted octanol–water partition coefficient (Wildman–Crippen LogP) is 3.18. The lowest BCUT2D eigenvalue weighted by Gasteiger charge is -2.18. The highest BCUT2D eigenvalue weighted by atomic mass is 19.1. The quantitative estimate of drug-likeness (QED) is 0.334. The van der Waals surface area contributed by atoms with Gasteiger partial charge in [0, 0.05) is 35.7 Å². The Morgan fingerprint density at radius 1 is 1.19 bits per heavy atom. The second kappa shape index (κ2) is 13.0. The Bertz CT molecular complexity index is 1140. The number of nitrogens with zero attached hydrogens (tertiary/aromatic N) is 1. The number of benzene rings is 1. The lowest BCUT2D eigenvalue weighted by molar-refractivity contribution is -0.146. The molecule has 2 aromatic rings. The molecule has 1 aromatic carbocycles. The second-order valence-corrected chi connectivity index (χ2v) is 8.41. The Morgan fingerprint density at radius 2 is 1.86 bits per heavy atom. The number of hydrogen-bond acceptors (Lipinski definition) is 5. The number of carboxylic acids is 1. The summed E-state index contributed by atoms with van der Waals surface area (Å²) in [5.41, 5.74) is 4.20. The minimum atomic E-state index is -1.18. The molecule has 196 valence electrons. The molecule has 0 bridgehead atoms. The summed E-state index contributed by atoms with van der Waals surface area (Å²) in [5, 5.41) is 22.0. The minimum Gasteiger partial charge on any atom is -0.479 e. The van der Waals surface area contributed by atoms with E-state index in [0.29, 0.717) is 34.6 Å². The molecular weight excluding hydrogens is 467 g/mol. The van der Waals surface area contributed by atoms with Crippen molar-refractivity contribution < 1.29 is 29.0 Å². The molecule has 2 heterocycles. The number of aryl methyl sites for hydroxylation is 1. The second-order valence-electron chi connectivity index (χ2n) is 8.41. The fourth-order valence-corrected chi connectivity index (χ4v) is 3.84. The molecule has 3 rings (SSSR count). The predicted molar refractivity (Wildman–Crippen MR) is 137 cm³/mol. The number of aliphatic carboxylic acids is 1. The first-order valence-corrected chi connectivity index (χ1v) is 12.0. The van der Waals surface area contributed by atoms with Gasteiger partial charge in [0.15, 0.2) is 6.10 Å². The first-order valence-electron chi connectivity index (χ1n) is 12.0. The number of amides is 2. The lowest BCUT2D eigenvalue weighted by Crippen LogP contribution is -2.35. The maximum atomic E-state index is 13.7. The number of hydrogen-bond donors (Lipinski definition) is 5. The van der Waals surface area contributed by atoms with Crippen LogP contribution in [0.1, 0.15) is 60.1 Å². The first kappa shape index (κ1) is 28.7. The molecule has 9 nitrogen and oxygen atoms in total. The van der Waals surface area contributed by atoms with Gasteiger partial charge in [0.05, 0.1) is 11.1 Å². The van der Waals surface area contributed by atoms with Gasteiger partial charge >= 0.3 is 5.97 Å². The summed E-state index contributed by atoms with van der Waals surface area (Å²) < 4.78 is 13.7. The SMILES string of the molecule is CCC(O)C(=O)O.CCN(CC)CCNC(=O)c1c(C)[nH]c(/C=C2\C(=O)Nc3ccc(F)cc32)c1C. The van der Waals surface area contributed by atoms with Crippen molar-refractivity contribution in [3.05, 3.63) is 52.1 Å². The van der Waals surface area contributed by atoms with Crippen LogP contribution >= 0.6 is 0 Å².